The smallest absolute Gasteiger partial charge is 0.243 e. The van der Waals surface area contributed by atoms with E-state index in [2.05, 4.69) is 32.2 Å². The van der Waals surface area contributed by atoms with E-state index in [1.54, 1.807) is 41.0 Å². The zero-order chi connectivity index (χ0) is 22.8. The van der Waals surface area contributed by atoms with Gasteiger partial charge in [-0.15, -0.1) is 0 Å². The summed E-state index contributed by atoms with van der Waals surface area (Å²) >= 11 is 0. The maximum atomic E-state index is 12.7. The van der Waals surface area contributed by atoms with Crippen molar-refractivity contribution in [2.75, 3.05) is 25.0 Å². The number of H-pyrrole nitrogens is 1. The van der Waals surface area contributed by atoms with Crippen LogP contribution < -0.4 is 5.32 Å². The maximum Gasteiger partial charge on any atom is 0.243 e. The second kappa shape index (κ2) is 9.20. The molecule has 33 heavy (non-hydrogen) atoms. The first-order valence-electron chi connectivity index (χ1n) is 11.4. The summed E-state index contributed by atoms with van der Waals surface area (Å²) < 4.78 is 32.6. The van der Waals surface area contributed by atoms with Crippen molar-refractivity contribution >= 4 is 21.7 Å². The number of imidazole rings is 1. The number of nitrogens with zero attached hydrogens (tertiary/aromatic N) is 4. The van der Waals surface area contributed by atoms with E-state index in [-0.39, 0.29) is 6.10 Å². The highest BCUT2D eigenvalue weighted by Gasteiger charge is 2.27. The Morgan fingerprint density at radius 2 is 1.91 bits per heavy atom. The van der Waals surface area contributed by atoms with E-state index in [0.717, 1.165) is 49.5 Å². The average molecular weight is 469 g/mol. The van der Waals surface area contributed by atoms with Gasteiger partial charge >= 0.3 is 0 Å². The van der Waals surface area contributed by atoms with Crippen LogP contribution in [0.25, 0.3) is 11.4 Å². The normalized spacial score (nSPS) is 21.8. The van der Waals surface area contributed by atoms with E-state index in [4.69, 9.17) is 4.74 Å². The Morgan fingerprint density at radius 3 is 2.67 bits per heavy atom. The molecule has 2 saturated heterocycles. The lowest BCUT2D eigenvalue weighted by Crippen LogP contribution is -2.27. The topological polar surface area (TPSA) is 113 Å². The van der Waals surface area contributed by atoms with Gasteiger partial charge in [-0.05, 0) is 62.9 Å². The predicted molar refractivity (Wildman–Crippen MR) is 125 cm³/mol. The third-order valence-corrected chi connectivity index (χ3v) is 8.12. The molecule has 2 aromatic heterocycles. The Hall–Kier alpha value is -2.82. The van der Waals surface area contributed by atoms with Crippen molar-refractivity contribution < 1.29 is 13.2 Å². The van der Waals surface area contributed by atoms with Crippen molar-refractivity contribution in [2.24, 2.45) is 0 Å². The number of ether oxygens (including phenoxy) is 1. The molecule has 1 aromatic carbocycles. The monoisotopic (exact) mass is 468 g/mol. The number of rotatable bonds is 6. The van der Waals surface area contributed by atoms with Gasteiger partial charge in [-0.25, -0.2) is 23.4 Å². The SMILES string of the molecule is CC1CC(c2ncc(-c3ccnc(Nc4ccc(S(=O)(=O)N5CCCC5)cc4)n3)[nH]2)CCO1. The van der Waals surface area contributed by atoms with E-state index >= 15 is 0 Å². The van der Waals surface area contributed by atoms with Gasteiger partial charge in [0, 0.05) is 37.5 Å². The fraction of sp³-hybridized carbons (Fsp3) is 0.435. The molecule has 0 amide bonds. The molecule has 2 atom stereocenters. The highest BCUT2D eigenvalue weighted by Crippen LogP contribution is 2.29. The molecule has 2 unspecified atom stereocenters. The van der Waals surface area contributed by atoms with Crippen LogP contribution in [0.4, 0.5) is 11.6 Å². The Morgan fingerprint density at radius 1 is 1.12 bits per heavy atom. The number of benzene rings is 1. The summed E-state index contributed by atoms with van der Waals surface area (Å²) in [5.74, 6) is 1.75. The summed E-state index contributed by atoms with van der Waals surface area (Å²) in [7, 11) is -3.43. The third kappa shape index (κ3) is 4.78. The molecule has 5 rings (SSSR count). The average Bonchev–Trinajstić information content (AvgIpc) is 3.53. The zero-order valence-electron chi connectivity index (χ0n) is 18.6. The Bertz CT molecular complexity index is 1200. The number of nitrogens with one attached hydrogen (secondary N) is 2. The highest BCUT2D eigenvalue weighted by atomic mass is 32.2. The number of hydrogen-bond donors (Lipinski definition) is 2. The Kier molecular flexibility index (Phi) is 6.13. The van der Waals surface area contributed by atoms with Gasteiger partial charge in [0.1, 0.15) is 5.82 Å². The lowest BCUT2D eigenvalue weighted by atomic mass is 9.96. The first-order chi connectivity index (χ1) is 16.0. The quantitative estimate of drug-likeness (QED) is 0.567. The van der Waals surface area contributed by atoms with Gasteiger partial charge in [-0.2, -0.15) is 4.31 Å². The molecule has 0 bridgehead atoms. The molecule has 2 N–H and O–H groups in total. The van der Waals surface area contributed by atoms with Gasteiger partial charge in [0.25, 0.3) is 0 Å². The van der Waals surface area contributed by atoms with Crippen LogP contribution in [0.2, 0.25) is 0 Å². The molecule has 3 aromatic rings. The van der Waals surface area contributed by atoms with Crippen molar-refractivity contribution in [1.29, 1.82) is 0 Å². The standard InChI is InChI=1S/C23H28N6O3S/c1-16-14-17(9-13-32-16)22-25-15-21(27-22)20-8-10-24-23(28-20)26-18-4-6-19(7-5-18)33(30,31)29-11-2-3-12-29/h4-8,10,15-17H,2-3,9,11-14H2,1H3,(H,25,27)(H,24,26,28). The van der Waals surface area contributed by atoms with Gasteiger partial charge in [-0.3, -0.25) is 0 Å². The lowest BCUT2D eigenvalue weighted by molar-refractivity contribution is 0.0174. The van der Waals surface area contributed by atoms with Crippen LogP contribution in [0.15, 0.2) is 47.6 Å². The van der Waals surface area contributed by atoms with Crippen LogP contribution in [0.5, 0.6) is 0 Å². The van der Waals surface area contributed by atoms with Gasteiger partial charge < -0.3 is 15.0 Å². The van der Waals surface area contributed by atoms with Crippen molar-refractivity contribution in [3.05, 3.63) is 48.5 Å². The molecule has 0 spiro atoms. The molecule has 2 aliphatic heterocycles. The molecule has 0 saturated carbocycles. The van der Waals surface area contributed by atoms with Crippen molar-refractivity contribution in [3.63, 3.8) is 0 Å². The van der Waals surface area contributed by atoms with E-state index in [1.165, 1.54) is 0 Å². The van der Waals surface area contributed by atoms with Gasteiger partial charge in [0.2, 0.25) is 16.0 Å². The van der Waals surface area contributed by atoms with E-state index in [0.29, 0.717) is 35.5 Å². The van der Waals surface area contributed by atoms with Crippen LogP contribution in [0.3, 0.4) is 0 Å². The second-order valence-corrected chi connectivity index (χ2v) is 10.5. The molecular formula is C23H28N6O3S. The van der Waals surface area contributed by atoms with Crippen LogP contribution in [0, 0.1) is 0 Å². The first-order valence-corrected chi connectivity index (χ1v) is 12.8. The summed E-state index contributed by atoms with van der Waals surface area (Å²) in [4.78, 5) is 17.2. The summed E-state index contributed by atoms with van der Waals surface area (Å²) in [6.45, 7) is 4.02. The molecule has 2 aliphatic rings. The van der Waals surface area contributed by atoms with E-state index in [9.17, 15) is 8.42 Å². The molecule has 0 radical (unpaired) electrons. The molecule has 174 valence electrons. The number of hydrogen-bond acceptors (Lipinski definition) is 7. The van der Waals surface area contributed by atoms with Gasteiger partial charge in [-0.1, -0.05) is 0 Å². The van der Waals surface area contributed by atoms with Crippen molar-refractivity contribution in [1.82, 2.24) is 24.2 Å². The predicted octanol–water partition coefficient (Wildman–Crippen LogP) is 3.68. The minimum Gasteiger partial charge on any atom is -0.378 e. The molecule has 4 heterocycles. The largest absolute Gasteiger partial charge is 0.378 e. The zero-order valence-corrected chi connectivity index (χ0v) is 19.4. The Labute approximate surface area is 193 Å². The number of aromatic amines is 1. The van der Waals surface area contributed by atoms with Crippen LogP contribution in [-0.4, -0.2) is 58.5 Å². The summed E-state index contributed by atoms with van der Waals surface area (Å²) in [6.07, 6.45) is 7.47. The van der Waals surface area contributed by atoms with Crippen molar-refractivity contribution in [2.45, 2.75) is 49.5 Å². The molecule has 10 heteroatoms. The summed E-state index contributed by atoms with van der Waals surface area (Å²) in [5.41, 5.74) is 2.29. The third-order valence-electron chi connectivity index (χ3n) is 6.21. The van der Waals surface area contributed by atoms with Gasteiger partial charge in [0.05, 0.1) is 28.6 Å². The summed E-state index contributed by atoms with van der Waals surface area (Å²) in [5, 5.41) is 3.16. The fourth-order valence-corrected chi connectivity index (χ4v) is 5.92. The van der Waals surface area contributed by atoms with Gasteiger partial charge in [0.15, 0.2) is 0 Å². The molecule has 2 fully saturated rings. The maximum absolute atomic E-state index is 12.7. The highest BCUT2D eigenvalue weighted by molar-refractivity contribution is 7.89. The second-order valence-electron chi connectivity index (χ2n) is 8.61. The lowest BCUT2D eigenvalue weighted by Gasteiger charge is -2.25. The minimum atomic E-state index is -3.43. The molecule has 9 nitrogen and oxygen atoms in total. The van der Waals surface area contributed by atoms with Crippen LogP contribution in [-0.2, 0) is 14.8 Å². The molecule has 0 aliphatic carbocycles. The number of aromatic nitrogens is 4. The summed E-state index contributed by atoms with van der Waals surface area (Å²) in [6, 6.07) is 8.55. The van der Waals surface area contributed by atoms with Crippen LogP contribution in [0.1, 0.15) is 44.3 Å². The number of anilines is 2. The number of sulfonamides is 1. The van der Waals surface area contributed by atoms with Crippen molar-refractivity contribution in [3.8, 4) is 11.4 Å². The molecular weight excluding hydrogens is 440 g/mol. The Balaban J connectivity index is 1.29. The van der Waals surface area contributed by atoms with Crippen LogP contribution >= 0.6 is 0 Å². The minimum absolute atomic E-state index is 0.240. The van der Waals surface area contributed by atoms with E-state index in [1.807, 2.05) is 6.07 Å². The van der Waals surface area contributed by atoms with E-state index < -0.39 is 10.0 Å². The first kappa shape index (κ1) is 22.0. The fourth-order valence-electron chi connectivity index (χ4n) is 4.41.